The van der Waals surface area contributed by atoms with E-state index in [1.165, 1.54) is 22.3 Å². The topological polar surface area (TPSA) is 25.8 Å². The highest BCUT2D eigenvalue weighted by molar-refractivity contribution is 5.94. The molecule has 0 saturated carbocycles. The minimum atomic E-state index is 0.939. The zero-order valence-electron chi connectivity index (χ0n) is 12.9. The third-order valence-electron chi connectivity index (χ3n) is 4.04. The molecule has 0 bridgehead atoms. The summed E-state index contributed by atoms with van der Waals surface area (Å²) in [6.45, 7) is 2.02. The fourth-order valence-electron chi connectivity index (χ4n) is 2.92. The van der Waals surface area contributed by atoms with Gasteiger partial charge in [0.25, 0.3) is 0 Å². The van der Waals surface area contributed by atoms with E-state index in [0.717, 1.165) is 16.6 Å². The van der Waals surface area contributed by atoms with Crippen molar-refractivity contribution < 1.29 is 0 Å². The van der Waals surface area contributed by atoms with Gasteiger partial charge in [-0.25, -0.2) is 0 Å². The molecule has 4 rings (SSSR count). The highest BCUT2D eigenvalue weighted by atomic mass is 14.7. The first-order chi connectivity index (χ1) is 11.3. The van der Waals surface area contributed by atoms with Gasteiger partial charge in [-0.15, -0.1) is 0 Å². The van der Waals surface area contributed by atoms with E-state index in [4.69, 9.17) is 0 Å². The smallest absolute Gasteiger partial charge is 0.0894 e. The largest absolute Gasteiger partial charge is 0.262 e. The standard InChI is InChI=1S/C21H16N2/c1-15-13-20(19-11-12-22-14-21(19)23-15)18-9-7-17(8-10-18)16-5-3-2-4-6-16/h2-14H,1H3. The van der Waals surface area contributed by atoms with Gasteiger partial charge in [-0.05, 0) is 41.3 Å². The van der Waals surface area contributed by atoms with Gasteiger partial charge in [0.15, 0.2) is 0 Å². The van der Waals surface area contributed by atoms with Gasteiger partial charge in [0.2, 0.25) is 0 Å². The van der Waals surface area contributed by atoms with Crippen LogP contribution in [0.4, 0.5) is 0 Å². The number of nitrogens with zero attached hydrogens (tertiary/aromatic N) is 2. The monoisotopic (exact) mass is 296 g/mol. The van der Waals surface area contributed by atoms with E-state index < -0.39 is 0 Å². The molecule has 0 fully saturated rings. The SMILES string of the molecule is Cc1cc(-c2ccc(-c3ccccc3)cc2)c2ccncc2n1. The number of benzene rings is 2. The lowest BCUT2D eigenvalue weighted by atomic mass is 9.98. The van der Waals surface area contributed by atoms with Crippen molar-refractivity contribution in [2.24, 2.45) is 0 Å². The number of aromatic nitrogens is 2. The summed E-state index contributed by atoms with van der Waals surface area (Å²) in [5.41, 5.74) is 6.81. The van der Waals surface area contributed by atoms with Crippen LogP contribution in [-0.4, -0.2) is 9.97 Å². The molecule has 2 heteroatoms. The molecule has 2 aromatic carbocycles. The van der Waals surface area contributed by atoms with Crippen molar-refractivity contribution >= 4 is 10.9 Å². The van der Waals surface area contributed by atoms with Gasteiger partial charge in [-0.1, -0.05) is 54.6 Å². The number of aryl methyl sites for hydroxylation is 1. The molecular formula is C21H16N2. The summed E-state index contributed by atoms with van der Waals surface area (Å²) >= 11 is 0. The van der Waals surface area contributed by atoms with E-state index in [1.54, 1.807) is 0 Å². The second-order valence-corrected chi connectivity index (χ2v) is 5.65. The Kier molecular flexibility index (Phi) is 3.35. The van der Waals surface area contributed by atoms with Crippen LogP contribution in [0.1, 0.15) is 5.69 Å². The maximum absolute atomic E-state index is 4.56. The highest BCUT2D eigenvalue weighted by Crippen LogP contribution is 2.30. The van der Waals surface area contributed by atoms with E-state index in [9.17, 15) is 0 Å². The Balaban J connectivity index is 1.83. The Bertz CT molecular complexity index is 958. The maximum atomic E-state index is 4.56. The molecule has 2 nitrogen and oxygen atoms in total. The minimum Gasteiger partial charge on any atom is -0.262 e. The molecule has 0 amide bonds. The summed E-state index contributed by atoms with van der Waals surface area (Å²) in [5.74, 6) is 0. The second kappa shape index (κ2) is 5.65. The Hall–Kier alpha value is -3.00. The van der Waals surface area contributed by atoms with Crippen molar-refractivity contribution in [2.75, 3.05) is 0 Å². The molecule has 110 valence electrons. The van der Waals surface area contributed by atoms with Crippen molar-refractivity contribution in [1.82, 2.24) is 9.97 Å². The summed E-state index contributed by atoms with van der Waals surface area (Å²) in [6, 6.07) is 23.3. The van der Waals surface area contributed by atoms with E-state index in [0.29, 0.717) is 0 Å². The van der Waals surface area contributed by atoms with E-state index in [2.05, 4.69) is 64.6 Å². The molecule has 4 aromatic rings. The lowest BCUT2D eigenvalue weighted by Crippen LogP contribution is -1.89. The van der Waals surface area contributed by atoms with Gasteiger partial charge >= 0.3 is 0 Å². The van der Waals surface area contributed by atoms with Gasteiger partial charge in [-0.2, -0.15) is 0 Å². The third kappa shape index (κ3) is 2.59. The van der Waals surface area contributed by atoms with Crippen molar-refractivity contribution in [3.8, 4) is 22.3 Å². The van der Waals surface area contributed by atoms with Crippen LogP contribution in [0.15, 0.2) is 79.1 Å². The average Bonchev–Trinajstić information content (AvgIpc) is 2.62. The molecule has 0 radical (unpaired) electrons. The van der Waals surface area contributed by atoms with Crippen LogP contribution in [-0.2, 0) is 0 Å². The number of hydrogen-bond acceptors (Lipinski definition) is 2. The Labute approximate surface area is 135 Å². The van der Waals surface area contributed by atoms with E-state index in [1.807, 2.05) is 31.5 Å². The first-order valence-electron chi connectivity index (χ1n) is 7.68. The molecule has 23 heavy (non-hydrogen) atoms. The van der Waals surface area contributed by atoms with Gasteiger partial charge in [0.1, 0.15) is 0 Å². The lowest BCUT2D eigenvalue weighted by molar-refractivity contribution is 1.23. The maximum Gasteiger partial charge on any atom is 0.0894 e. The summed E-state index contributed by atoms with van der Waals surface area (Å²) in [6.07, 6.45) is 3.64. The van der Waals surface area contributed by atoms with Crippen molar-refractivity contribution in [3.05, 3.63) is 84.8 Å². The summed E-state index contributed by atoms with van der Waals surface area (Å²) in [7, 11) is 0. The number of rotatable bonds is 2. The molecule has 0 unspecified atom stereocenters. The summed E-state index contributed by atoms with van der Waals surface area (Å²) in [5, 5.41) is 1.14. The van der Waals surface area contributed by atoms with E-state index >= 15 is 0 Å². The Morgan fingerprint density at radius 2 is 1.43 bits per heavy atom. The number of hydrogen-bond donors (Lipinski definition) is 0. The van der Waals surface area contributed by atoms with Crippen LogP contribution in [0, 0.1) is 6.92 Å². The summed E-state index contributed by atoms with van der Waals surface area (Å²) < 4.78 is 0. The molecule has 0 atom stereocenters. The molecule has 0 aliphatic carbocycles. The molecule has 0 saturated heterocycles. The molecule has 0 N–H and O–H groups in total. The average molecular weight is 296 g/mol. The third-order valence-corrected chi connectivity index (χ3v) is 4.04. The zero-order valence-corrected chi connectivity index (χ0v) is 12.9. The van der Waals surface area contributed by atoms with Crippen LogP contribution in [0.2, 0.25) is 0 Å². The van der Waals surface area contributed by atoms with Crippen LogP contribution < -0.4 is 0 Å². The van der Waals surface area contributed by atoms with Gasteiger partial charge in [0.05, 0.1) is 11.7 Å². The van der Waals surface area contributed by atoms with Crippen molar-refractivity contribution in [1.29, 1.82) is 0 Å². The highest BCUT2D eigenvalue weighted by Gasteiger charge is 2.07. The Morgan fingerprint density at radius 3 is 2.22 bits per heavy atom. The second-order valence-electron chi connectivity index (χ2n) is 5.65. The molecule has 2 heterocycles. The molecule has 2 aromatic heterocycles. The zero-order chi connectivity index (χ0) is 15.6. The predicted octanol–water partition coefficient (Wildman–Crippen LogP) is 5.27. The van der Waals surface area contributed by atoms with Gasteiger partial charge in [-0.3, -0.25) is 9.97 Å². The molecule has 0 aliphatic heterocycles. The van der Waals surface area contributed by atoms with Crippen molar-refractivity contribution in [3.63, 3.8) is 0 Å². The van der Waals surface area contributed by atoms with Crippen molar-refractivity contribution in [2.45, 2.75) is 6.92 Å². The van der Waals surface area contributed by atoms with Gasteiger partial charge < -0.3 is 0 Å². The normalized spacial score (nSPS) is 10.8. The first-order valence-corrected chi connectivity index (χ1v) is 7.68. The quantitative estimate of drug-likeness (QED) is 0.503. The van der Waals surface area contributed by atoms with Crippen LogP contribution >= 0.6 is 0 Å². The number of pyridine rings is 2. The Morgan fingerprint density at radius 1 is 0.739 bits per heavy atom. The van der Waals surface area contributed by atoms with Gasteiger partial charge in [0, 0.05) is 17.3 Å². The van der Waals surface area contributed by atoms with Crippen LogP contribution in [0.3, 0.4) is 0 Å². The molecular weight excluding hydrogens is 280 g/mol. The van der Waals surface area contributed by atoms with E-state index in [-0.39, 0.29) is 0 Å². The number of fused-ring (bicyclic) bond motifs is 1. The fourth-order valence-corrected chi connectivity index (χ4v) is 2.92. The lowest BCUT2D eigenvalue weighted by Gasteiger charge is -2.09. The van der Waals surface area contributed by atoms with Crippen LogP contribution in [0.25, 0.3) is 33.2 Å². The minimum absolute atomic E-state index is 0.939. The van der Waals surface area contributed by atoms with Crippen LogP contribution in [0.5, 0.6) is 0 Å². The molecule has 0 aliphatic rings. The first kappa shape index (κ1) is 13.6. The predicted molar refractivity (Wildman–Crippen MR) is 95.1 cm³/mol. The molecule has 0 spiro atoms. The fraction of sp³-hybridized carbons (Fsp3) is 0.0476. The summed E-state index contributed by atoms with van der Waals surface area (Å²) in [4.78, 5) is 8.74.